The fraction of sp³-hybridized carbons (Fsp3) is 0.421. The van der Waals surface area contributed by atoms with Gasteiger partial charge in [-0.05, 0) is 17.7 Å². The topological polar surface area (TPSA) is 103 Å². The van der Waals surface area contributed by atoms with Crippen LogP contribution in [0, 0.1) is 17.2 Å². The van der Waals surface area contributed by atoms with Gasteiger partial charge < -0.3 is 15.7 Å². The Morgan fingerprint density at radius 2 is 2.15 bits per heavy atom. The monoisotopic (exact) mass is 374 g/mol. The second kappa shape index (κ2) is 7.18. The molecule has 1 aromatic carbocycles. The largest absolute Gasteiger partial charge is 0.388 e. The van der Waals surface area contributed by atoms with Crippen LogP contribution < -0.4 is 5.73 Å². The number of para-hydroxylation sites is 1. The molecule has 1 aliphatic heterocycles. The van der Waals surface area contributed by atoms with E-state index in [2.05, 4.69) is 4.98 Å². The second-order valence-corrected chi connectivity index (χ2v) is 6.92. The van der Waals surface area contributed by atoms with Gasteiger partial charge in [-0.25, -0.2) is 8.78 Å². The molecule has 0 bridgehead atoms. The van der Waals surface area contributed by atoms with Crippen LogP contribution in [0.3, 0.4) is 0 Å². The number of aromatic nitrogens is 1. The molecular formula is C19H20F2N4O2. The van der Waals surface area contributed by atoms with Crippen LogP contribution in [0.15, 0.2) is 36.5 Å². The van der Waals surface area contributed by atoms with Crippen molar-refractivity contribution in [2.75, 3.05) is 6.54 Å². The van der Waals surface area contributed by atoms with Gasteiger partial charge in [0.1, 0.15) is 6.04 Å². The molecule has 4 atom stereocenters. The van der Waals surface area contributed by atoms with Gasteiger partial charge >= 0.3 is 0 Å². The minimum Gasteiger partial charge on any atom is -0.388 e. The number of carbonyl (C=O) groups excluding carboxylic acids is 1. The molecule has 1 amide bonds. The second-order valence-electron chi connectivity index (χ2n) is 6.92. The normalized spacial score (nSPS) is 22.2. The van der Waals surface area contributed by atoms with Crippen molar-refractivity contribution in [3.05, 3.63) is 42.1 Å². The molecule has 3 rings (SSSR count). The number of fused-ring (bicyclic) bond motifs is 1. The molecule has 1 saturated heterocycles. The predicted octanol–water partition coefficient (Wildman–Crippen LogP) is 1.99. The van der Waals surface area contributed by atoms with E-state index in [1.54, 1.807) is 43.5 Å². The van der Waals surface area contributed by atoms with E-state index in [0.717, 1.165) is 10.3 Å². The fourth-order valence-corrected chi connectivity index (χ4v) is 3.44. The molecule has 27 heavy (non-hydrogen) atoms. The summed E-state index contributed by atoms with van der Waals surface area (Å²) in [5.41, 5.74) is 7.25. The molecule has 3 N–H and O–H groups in total. The number of likely N-dealkylation sites (tertiary alicyclic amines) is 1. The number of rotatable bonds is 4. The lowest BCUT2D eigenvalue weighted by molar-refractivity contribution is -0.136. The number of amides is 1. The number of benzene rings is 1. The Bertz CT molecular complexity index is 893. The van der Waals surface area contributed by atoms with Gasteiger partial charge in [0, 0.05) is 23.9 Å². The number of halogens is 2. The molecule has 1 aliphatic rings. The Balaban J connectivity index is 1.83. The smallest absolute Gasteiger partial charge is 0.268 e. The molecule has 0 radical (unpaired) electrons. The molecule has 1 fully saturated rings. The molecule has 8 heteroatoms. The maximum Gasteiger partial charge on any atom is 0.268 e. The predicted molar refractivity (Wildman–Crippen MR) is 94.5 cm³/mol. The van der Waals surface area contributed by atoms with Crippen LogP contribution in [-0.4, -0.2) is 45.4 Å². The summed E-state index contributed by atoms with van der Waals surface area (Å²) < 4.78 is 27.2. The molecule has 3 unspecified atom stereocenters. The first-order valence-corrected chi connectivity index (χ1v) is 8.60. The lowest BCUT2D eigenvalue weighted by atomic mass is 9.89. The lowest BCUT2D eigenvalue weighted by Gasteiger charge is -2.29. The Morgan fingerprint density at radius 3 is 2.85 bits per heavy atom. The van der Waals surface area contributed by atoms with Crippen LogP contribution in [0.4, 0.5) is 8.78 Å². The summed E-state index contributed by atoms with van der Waals surface area (Å²) in [7, 11) is 0. The Hall–Kier alpha value is -2.63. The van der Waals surface area contributed by atoms with Crippen molar-refractivity contribution < 1.29 is 18.7 Å². The number of aliphatic hydroxyl groups excluding tert-OH is 1. The number of carbonyl (C=O) groups is 1. The highest BCUT2D eigenvalue weighted by molar-refractivity contribution is 5.84. The fourth-order valence-electron chi connectivity index (χ4n) is 3.44. The van der Waals surface area contributed by atoms with Crippen molar-refractivity contribution in [1.29, 1.82) is 5.26 Å². The zero-order chi connectivity index (χ0) is 19.8. The Kier molecular flexibility index (Phi) is 5.09. The van der Waals surface area contributed by atoms with Crippen LogP contribution in [0.2, 0.25) is 0 Å². The number of hydrogen-bond acceptors (Lipinski definition) is 5. The van der Waals surface area contributed by atoms with E-state index in [-0.39, 0.29) is 0 Å². The number of nitrogens with zero attached hydrogens (tertiary/aromatic N) is 3. The van der Waals surface area contributed by atoms with Crippen molar-refractivity contribution in [2.45, 2.75) is 37.5 Å². The zero-order valence-electron chi connectivity index (χ0n) is 14.7. The van der Waals surface area contributed by atoms with Crippen LogP contribution in [-0.2, 0) is 4.79 Å². The Labute approximate surface area is 155 Å². The summed E-state index contributed by atoms with van der Waals surface area (Å²) in [5.74, 6) is -4.63. The summed E-state index contributed by atoms with van der Waals surface area (Å²) in [4.78, 5) is 17.7. The number of alkyl halides is 2. The van der Waals surface area contributed by atoms with Gasteiger partial charge in [-0.15, -0.1) is 0 Å². The molecule has 1 aromatic heterocycles. The minimum absolute atomic E-state index is 0.555. The van der Waals surface area contributed by atoms with Crippen molar-refractivity contribution in [3.8, 4) is 6.07 Å². The number of nitrogens with two attached hydrogens (primary N) is 1. The molecule has 6 nitrogen and oxygen atoms in total. The van der Waals surface area contributed by atoms with Gasteiger partial charge in [0.15, 0.2) is 0 Å². The lowest BCUT2D eigenvalue weighted by Crippen LogP contribution is -2.50. The Morgan fingerprint density at radius 1 is 1.44 bits per heavy atom. The van der Waals surface area contributed by atoms with Crippen LogP contribution >= 0.6 is 0 Å². The van der Waals surface area contributed by atoms with Gasteiger partial charge in [0.2, 0.25) is 5.91 Å². The van der Waals surface area contributed by atoms with Crippen LogP contribution in [0.1, 0.15) is 25.0 Å². The highest BCUT2D eigenvalue weighted by Crippen LogP contribution is 2.34. The van der Waals surface area contributed by atoms with E-state index in [9.17, 15) is 18.7 Å². The molecule has 2 heterocycles. The van der Waals surface area contributed by atoms with E-state index in [1.165, 1.54) is 0 Å². The summed E-state index contributed by atoms with van der Waals surface area (Å²) in [6, 6.07) is 8.15. The highest BCUT2D eigenvalue weighted by atomic mass is 19.3. The maximum atomic E-state index is 13.6. The minimum atomic E-state index is -3.11. The van der Waals surface area contributed by atoms with Crippen molar-refractivity contribution in [3.63, 3.8) is 0 Å². The molecular weight excluding hydrogens is 354 g/mol. The van der Waals surface area contributed by atoms with Crippen molar-refractivity contribution >= 4 is 16.8 Å². The first-order valence-electron chi connectivity index (χ1n) is 8.60. The summed E-state index contributed by atoms with van der Waals surface area (Å²) in [6.45, 7) is 0.747. The van der Waals surface area contributed by atoms with E-state index in [4.69, 9.17) is 11.0 Å². The zero-order valence-corrected chi connectivity index (χ0v) is 14.7. The number of pyridine rings is 1. The third kappa shape index (κ3) is 3.61. The van der Waals surface area contributed by atoms with E-state index < -0.39 is 48.9 Å². The molecule has 2 aromatic rings. The van der Waals surface area contributed by atoms with Gasteiger partial charge in [-0.3, -0.25) is 9.78 Å². The first kappa shape index (κ1) is 19.1. The molecule has 0 spiro atoms. The first-order chi connectivity index (χ1) is 12.7. The third-order valence-corrected chi connectivity index (χ3v) is 5.05. The molecule has 0 aliphatic carbocycles. The van der Waals surface area contributed by atoms with Gasteiger partial charge in [-0.1, -0.05) is 25.1 Å². The summed E-state index contributed by atoms with van der Waals surface area (Å²) in [6.07, 6.45) is -0.248. The molecule has 142 valence electrons. The van der Waals surface area contributed by atoms with Gasteiger partial charge in [0.25, 0.3) is 5.92 Å². The number of aliphatic hydroxyl groups is 1. The van der Waals surface area contributed by atoms with E-state index in [1.807, 2.05) is 6.07 Å². The highest BCUT2D eigenvalue weighted by Gasteiger charge is 2.48. The summed E-state index contributed by atoms with van der Waals surface area (Å²) in [5, 5.41) is 20.6. The average molecular weight is 374 g/mol. The third-order valence-electron chi connectivity index (χ3n) is 5.05. The maximum absolute atomic E-state index is 13.6. The van der Waals surface area contributed by atoms with Crippen LogP contribution in [0.5, 0.6) is 0 Å². The van der Waals surface area contributed by atoms with E-state index in [0.29, 0.717) is 11.1 Å². The molecule has 0 saturated carbocycles. The van der Waals surface area contributed by atoms with E-state index >= 15 is 0 Å². The van der Waals surface area contributed by atoms with Gasteiger partial charge in [0.05, 0.1) is 30.3 Å². The number of hydrogen-bond donors (Lipinski definition) is 2. The van der Waals surface area contributed by atoms with Crippen LogP contribution in [0.25, 0.3) is 10.9 Å². The van der Waals surface area contributed by atoms with Crippen molar-refractivity contribution in [1.82, 2.24) is 9.88 Å². The standard InChI is InChI=1S/C19H20F2N4O2/c1-11(16(23)18(27)25-10-19(20,21)8-12(25)9-22)17(26)14-6-7-24-15-5-3-2-4-13(14)15/h2-7,11-12,16-17,26H,8,10,23H2,1H3/t11?,12-,16?,17?/m0/s1. The average Bonchev–Trinajstić information content (AvgIpc) is 2.99. The SMILES string of the molecule is CC(C(N)C(=O)N1CC(F)(F)C[C@H]1C#N)C(O)c1ccnc2ccccc12. The number of nitriles is 1. The van der Waals surface area contributed by atoms with Crippen molar-refractivity contribution in [2.24, 2.45) is 11.7 Å². The summed E-state index contributed by atoms with van der Waals surface area (Å²) >= 11 is 0. The van der Waals surface area contributed by atoms with Gasteiger partial charge in [-0.2, -0.15) is 5.26 Å². The quantitative estimate of drug-likeness (QED) is 0.852.